The number of hydrogen-bond donors (Lipinski definition) is 1. The average molecular weight is 323 g/mol. The number of nitrogens with one attached hydrogen (secondary N) is 1. The van der Waals surface area contributed by atoms with E-state index in [9.17, 15) is 4.79 Å². The van der Waals surface area contributed by atoms with Gasteiger partial charge in [-0.05, 0) is 60.4 Å². The lowest BCUT2D eigenvalue weighted by molar-refractivity contribution is -0.121. The Morgan fingerprint density at radius 1 is 1.21 bits per heavy atom. The van der Waals surface area contributed by atoms with Crippen molar-refractivity contribution in [3.63, 3.8) is 0 Å². The van der Waals surface area contributed by atoms with Crippen LogP contribution in [0.3, 0.4) is 0 Å². The van der Waals surface area contributed by atoms with Crippen LogP contribution in [0.2, 0.25) is 0 Å². The van der Waals surface area contributed by atoms with Gasteiger partial charge in [-0.15, -0.1) is 0 Å². The van der Waals surface area contributed by atoms with Crippen molar-refractivity contribution in [2.75, 3.05) is 7.11 Å². The molecule has 2 aromatic rings. The summed E-state index contributed by atoms with van der Waals surface area (Å²) in [4.78, 5) is 12.4. The van der Waals surface area contributed by atoms with Crippen LogP contribution in [0.4, 0.5) is 0 Å². The molecular weight excluding hydrogens is 298 g/mol. The van der Waals surface area contributed by atoms with Crippen LogP contribution in [0, 0.1) is 6.92 Å². The quantitative estimate of drug-likeness (QED) is 0.898. The van der Waals surface area contributed by atoms with Crippen LogP contribution in [0.1, 0.15) is 47.4 Å². The van der Waals surface area contributed by atoms with Gasteiger partial charge in [-0.2, -0.15) is 0 Å². The van der Waals surface area contributed by atoms with Crippen LogP contribution >= 0.6 is 0 Å². The summed E-state index contributed by atoms with van der Waals surface area (Å²) in [6, 6.07) is 14.5. The van der Waals surface area contributed by atoms with Crippen LogP contribution in [0.25, 0.3) is 0 Å². The van der Waals surface area contributed by atoms with Crippen molar-refractivity contribution in [1.82, 2.24) is 5.32 Å². The molecule has 126 valence electrons. The second-order valence-electron chi connectivity index (χ2n) is 6.51. The lowest BCUT2D eigenvalue weighted by Crippen LogP contribution is -2.26. The normalized spacial score (nSPS) is 16.3. The highest BCUT2D eigenvalue weighted by Gasteiger charge is 2.22. The van der Waals surface area contributed by atoms with Gasteiger partial charge in [0.15, 0.2) is 0 Å². The maximum absolute atomic E-state index is 12.4. The molecule has 2 aromatic carbocycles. The van der Waals surface area contributed by atoms with E-state index < -0.39 is 0 Å². The Morgan fingerprint density at radius 2 is 2.04 bits per heavy atom. The Morgan fingerprint density at radius 3 is 2.88 bits per heavy atom. The highest BCUT2D eigenvalue weighted by Crippen LogP contribution is 2.33. The zero-order valence-electron chi connectivity index (χ0n) is 14.5. The van der Waals surface area contributed by atoms with Gasteiger partial charge in [-0.25, -0.2) is 0 Å². The number of hydrogen-bond acceptors (Lipinski definition) is 2. The zero-order valence-corrected chi connectivity index (χ0v) is 14.5. The van der Waals surface area contributed by atoms with Crippen molar-refractivity contribution in [2.24, 2.45) is 0 Å². The van der Waals surface area contributed by atoms with E-state index in [1.807, 2.05) is 25.1 Å². The maximum atomic E-state index is 12.4. The molecule has 3 rings (SSSR count). The van der Waals surface area contributed by atoms with Gasteiger partial charge in [0.1, 0.15) is 5.75 Å². The van der Waals surface area contributed by atoms with Crippen molar-refractivity contribution in [1.29, 1.82) is 0 Å². The fourth-order valence-electron chi connectivity index (χ4n) is 3.63. The predicted molar refractivity (Wildman–Crippen MR) is 96.3 cm³/mol. The van der Waals surface area contributed by atoms with E-state index in [4.69, 9.17) is 4.74 Å². The molecule has 3 nitrogen and oxygen atoms in total. The monoisotopic (exact) mass is 323 g/mol. The molecule has 3 heteroatoms. The summed E-state index contributed by atoms with van der Waals surface area (Å²) in [5.41, 5.74) is 4.96. The van der Waals surface area contributed by atoms with Crippen molar-refractivity contribution in [3.05, 3.63) is 64.7 Å². The third-order valence-electron chi connectivity index (χ3n) is 5.02. The number of aryl methyl sites for hydroxylation is 1. The third-order valence-corrected chi connectivity index (χ3v) is 5.02. The van der Waals surface area contributed by atoms with E-state index in [1.54, 1.807) is 7.11 Å². The number of amides is 1. The highest BCUT2D eigenvalue weighted by atomic mass is 16.5. The number of methoxy groups -OCH3 is 1. The molecule has 1 unspecified atom stereocenters. The highest BCUT2D eigenvalue weighted by molar-refractivity contribution is 5.77. The molecule has 1 N–H and O–H groups in total. The van der Waals surface area contributed by atoms with E-state index in [1.165, 1.54) is 17.5 Å². The molecule has 0 aromatic heterocycles. The molecule has 0 bridgehead atoms. The second kappa shape index (κ2) is 7.52. The Balaban J connectivity index is 1.61. The maximum Gasteiger partial charge on any atom is 0.220 e. The summed E-state index contributed by atoms with van der Waals surface area (Å²) in [6.07, 6.45) is 3.98. The largest absolute Gasteiger partial charge is 0.496 e. The molecular formula is C21H25NO2. The van der Waals surface area contributed by atoms with Crippen LogP contribution in [0.15, 0.2) is 42.5 Å². The molecule has 1 atom stereocenters. The molecule has 0 aliphatic heterocycles. The lowest BCUT2D eigenvalue weighted by Gasteiger charge is -2.25. The van der Waals surface area contributed by atoms with Crippen molar-refractivity contribution in [3.8, 4) is 5.75 Å². The van der Waals surface area contributed by atoms with E-state index in [0.29, 0.717) is 18.9 Å². The minimum Gasteiger partial charge on any atom is -0.496 e. The van der Waals surface area contributed by atoms with Crippen molar-refractivity contribution >= 4 is 5.91 Å². The zero-order chi connectivity index (χ0) is 16.9. The Labute approximate surface area is 144 Å². The van der Waals surface area contributed by atoms with E-state index >= 15 is 0 Å². The Bertz CT molecular complexity index is 724. The number of carbonyl (C=O) groups is 1. The summed E-state index contributed by atoms with van der Waals surface area (Å²) >= 11 is 0. The second-order valence-corrected chi connectivity index (χ2v) is 6.51. The molecule has 24 heavy (non-hydrogen) atoms. The van der Waals surface area contributed by atoms with Crippen LogP contribution in [0.5, 0.6) is 5.75 Å². The molecule has 0 heterocycles. The van der Waals surface area contributed by atoms with Crippen LogP contribution in [-0.2, 0) is 17.8 Å². The summed E-state index contributed by atoms with van der Waals surface area (Å²) in [7, 11) is 1.67. The Kier molecular flexibility index (Phi) is 5.19. The SMILES string of the molecule is COc1cccc(CNC(=O)CC2CCCc3ccccc32)c1C. The first-order valence-corrected chi connectivity index (χ1v) is 8.66. The standard InChI is InChI=1S/C21H25NO2/c1-15-18(10-6-12-20(15)24-2)14-22-21(23)13-17-9-5-8-16-7-3-4-11-19(16)17/h3-4,6-7,10-12,17H,5,8-9,13-14H2,1-2H3,(H,22,23). The van der Waals surface area contributed by atoms with Gasteiger partial charge in [-0.1, -0.05) is 36.4 Å². The fraction of sp³-hybridized carbons (Fsp3) is 0.381. The first-order chi connectivity index (χ1) is 11.7. The minimum absolute atomic E-state index is 0.124. The molecule has 0 saturated carbocycles. The average Bonchev–Trinajstić information content (AvgIpc) is 2.61. The lowest BCUT2D eigenvalue weighted by atomic mass is 9.81. The number of rotatable bonds is 5. The molecule has 1 aliphatic carbocycles. The van der Waals surface area contributed by atoms with Gasteiger partial charge in [-0.3, -0.25) is 4.79 Å². The topological polar surface area (TPSA) is 38.3 Å². The number of fused-ring (bicyclic) bond motifs is 1. The van der Waals surface area contributed by atoms with E-state index in [0.717, 1.165) is 29.7 Å². The summed E-state index contributed by atoms with van der Waals surface area (Å²) < 4.78 is 5.34. The number of carbonyl (C=O) groups excluding carboxylic acids is 1. The van der Waals surface area contributed by atoms with Crippen LogP contribution in [-0.4, -0.2) is 13.0 Å². The molecule has 0 fully saturated rings. The van der Waals surface area contributed by atoms with Crippen LogP contribution < -0.4 is 10.1 Å². The summed E-state index contributed by atoms with van der Waals surface area (Å²) in [5, 5.41) is 3.07. The predicted octanol–water partition coefficient (Wildman–Crippen LogP) is 4.13. The summed E-state index contributed by atoms with van der Waals surface area (Å²) in [5.74, 6) is 1.34. The van der Waals surface area contributed by atoms with Gasteiger partial charge in [0.05, 0.1) is 7.11 Å². The molecule has 1 amide bonds. The molecule has 0 saturated heterocycles. The van der Waals surface area contributed by atoms with Crippen molar-refractivity contribution < 1.29 is 9.53 Å². The molecule has 0 spiro atoms. The fourth-order valence-corrected chi connectivity index (χ4v) is 3.63. The molecule has 1 aliphatic rings. The van der Waals surface area contributed by atoms with E-state index in [-0.39, 0.29) is 5.91 Å². The first kappa shape index (κ1) is 16.6. The Hall–Kier alpha value is -2.29. The van der Waals surface area contributed by atoms with Gasteiger partial charge in [0, 0.05) is 13.0 Å². The first-order valence-electron chi connectivity index (χ1n) is 8.66. The van der Waals surface area contributed by atoms with Gasteiger partial charge < -0.3 is 10.1 Å². The minimum atomic E-state index is 0.124. The number of ether oxygens (including phenoxy) is 1. The molecule has 0 radical (unpaired) electrons. The smallest absolute Gasteiger partial charge is 0.220 e. The van der Waals surface area contributed by atoms with Gasteiger partial charge in [0.25, 0.3) is 0 Å². The summed E-state index contributed by atoms with van der Waals surface area (Å²) in [6.45, 7) is 2.58. The number of benzene rings is 2. The van der Waals surface area contributed by atoms with E-state index in [2.05, 4.69) is 29.6 Å². The van der Waals surface area contributed by atoms with Gasteiger partial charge >= 0.3 is 0 Å². The van der Waals surface area contributed by atoms with Crippen molar-refractivity contribution in [2.45, 2.75) is 45.1 Å². The third kappa shape index (κ3) is 3.61. The van der Waals surface area contributed by atoms with Gasteiger partial charge in [0.2, 0.25) is 5.91 Å².